The molecule has 0 heterocycles. The Morgan fingerprint density at radius 3 is 2.59 bits per heavy atom. The second-order valence-corrected chi connectivity index (χ2v) is 5.03. The van der Waals surface area contributed by atoms with Gasteiger partial charge in [0.05, 0.1) is 10.5 Å². The first kappa shape index (κ1) is 17.5. The number of rotatable bonds is 7. The number of nitrogens with zero attached hydrogens (tertiary/aromatic N) is 2. The van der Waals surface area contributed by atoms with Crippen LogP contribution in [0.4, 0.5) is 5.69 Å². The first-order chi connectivity index (χ1) is 10.3. The molecule has 0 aliphatic rings. The van der Waals surface area contributed by atoms with Crippen molar-refractivity contribution in [3.05, 3.63) is 45.5 Å². The lowest BCUT2D eigenvalue weighted by atomic mass is 10.1. The van der Waals surface area contributed by atoms with E-state index in [9.17, 15) is 19.7 Å². The largest absolute Gasteiger partial charge is 0.351 e. The first-order valence-electron chi connectivity index (χ1n) is 6.71. The summed E-state index contributed by atoms with van der Waals surface area (Å²) >= 11 is 0. The third-order valence-electron chi connectivity index (χ3n) is 2.86. The van der Waals surface area contributed by atoms with E-state index in [-0.39, 0.29) is 11.3 Å². The van der Waals surface area contributed by atoms with E-state index < -0.39 is 16.6 Å². The van der Waals surface area contributed by atoms with Crippen LogP contribution in [-0.4, -0.2) is 48.7 Å². The average Bonchev–Trinajstić information content (AvgIpc) is 2.44. The molecule has 22 heavy (non-hydrogen) atoms. The van der Waals surface area contributed by atoms with Crippen molar-refractivity contribution in [1.29, 1.82) is 0 Å². The maximum atomic E-state index is 12.0. The van der Waals surface area contributed by atoms with Gasteiger partial charge in [0.2, 0.25) is 0 Å². The second kappa shape index (κ2) is 8.04. The summed E-state index contributed by atoms with van der Waals surface area (Å²) < 4.78 is 0. The maximum Gasteiger partial charge on any atom is 0.270 e. The zero-order valence-corrected chi connectivity index (χ0v) is 12.8. The molecule has 7 nitrogen and oxygen atoms in total. The summed E-state index contributed by atoms with van der Waals surface area (Å²) in [6.45, 7) is 2.34. The van der Waals surface area contributed by atoms with Crippen LogP contribution in [0.5, 0.6) is 0 Å². The summed E-state index contributed by atoms with van der Waals surface area (Å²) in [5.74, 6) is -0.880. The molecule has 0 saturated heterocycles. The summed E-state index contributed by atoms with van der Waals surface area (Å²) in [6, 6.07) is 5.77. The summed E-state index contributed by atoms with van der Waals surface area (Å²) in [4.78, 5) is 35.8. The molecular formula is C15H19N3O4. The minimum absolute atomic E-state index is 0.0285. The summed E-state index contributed by atoms with van der Waals surface area (Å²) in [5.41, 5.74) is 0.311. The molecule has 1 aromatic carbocycles. The van der Waals surface area contributed by atoms with Crippen LogP contribution in [0.1, 0.15) is 12.5 Å². The molecule has 1 aromatic rings. The Bertz CT molecular complexity index is 609. The van der Waals surface area contributed by atoms with Crippen LogP contribution >= 0.6 is 0 Å². The van der Waals surface area contributed by atoms with Crippen LogP contribution < -0.4 is 5.32 Å². The van der Waals surface area contributed by atoms with Gasteiger partial charge in [0.1, 0.15) is 0 Å². The molecule has 0 unspecified atom stereocenters. The molecule has 0 atom stereocenters. The molecule has 1 amide bonds. The molecular weight excluding hydrogens is 286 g/mol. The van der Waals surface area contributed by atoms with Gasteiger partial charge in [0.15, 0.2) is 5.78 Å². The highest BCUT2D eigenvalue weighted by molar-refractivity contribution is 6.21. The second-order valence-electron chi connectivity index (χ2n) is 5.03. The Labute approximate surface area is 128 Å². The summed E-state index contributed by atoms with van der Waals surface area (Å²) in [5, 5.41) is 13.4. The predicted molar refractivity (Wildman–Crippen MR) is 83.3 cm³/mol. The minimum Gasteiger partial charge on any atom is -0.351 e. The highest BCUT2D eigenvalue weighted by Crippen LogP contribution is 2.16. The molecule has 0 radical (unpaired) electrons. The van der Waals surface area contributed by atoms with Crippen LogP contribution in [0.15, 0.2) is 29.8 Å². The lowest BCUT2D eigenvalue weighted by molar-refractivity contribution is -0.384. The molecule has 0 saturated carbocycles. The van der Waals surface area contributed by atoms with E-state index in [1.807, 2.05) is 19.0 Å². The van der Waals surface area contributed by atoms with E-state index in [0.717, 1.165) is 0 Å². The molecule has 0 bridgehead atoms. The number of likely N-dealkylation sites (N-methyl/N-ethyl adjacent to an activating group) is 1. The molecule has 0 aliphatic carbocycles. The number of nitro benzene ring substituents is 1. The quantitative estimate of drug-likeness (QED) is 0.269. The Balaban J connectivity index is 2.95. The van der Waals surface area contributed by atoms with Gasteiger partial charge in [0, 0.05) is 25.2 Å². The van der Waals surface area contributed by atoms with Crippen molar-refractivity contribution in [2.75, 3.05) is 27.2 Å². The van der Waals surface area contributed by atoms with Crippen LogP contribution in [0, 0.1) is 10.1 Å². The molecule has 118 valence electrons. The number of nitro groups is 1. The van der Waals surface area contributed by atoms with Gasteiger partial charge in [-0.25, -0.2) is 0 Å². The van der Waals surface area contributed by atoms with E-state index in [4.69, 9.17) is 0 Å². The normalized spacial score (nSPS) is 11.4. The number of carbonyl (C=O) groups excluding carboxylic acids is 2. The lowest BCUT2D eigenvalue weighted by Gasteiger charge is -2.11. The number of hydrogen-bond donors (Lipinski definition) is 1. The van der Waals surface area contributed by atoms with E-state index in [0.29, 0.717) is 18.7 Å². The lowest BCUT2D eigenvalue weighted by Crippen LogP contribution is -2.33. The van der Waals surface area contributed by atoms with Gasteiger partial charge in [-0.3, -0.25) is 19.7 Å². The van der Waals surface area contributed by atoms with E-state index in [1.165, 1.54) is 31.2 Å². The third-order valence-corrected chi connectivity index (χ3v) is 2.86. The van der Waals surface area contributed by atoms with Crippen molar-refractivity contribution in [2.24, 2.45) is 0 Å². The van der Waals surface area contributed by atoms with Gasteiger partial charge in [-0.2, -0.15) is 0 Å². The summed E-state index contributed by atoms with van der Waals surface area (Å²) in [7, 11) is 3.74. The van der Waals surface area contributed by atoms with Crippen LogP contribution in [0.3, 0.4) is 0 Å². The first-order valence-corrected chi connectivity index (χ1v) is 6.71. The number of nitrogens with one attached hydrogen (secondary N) is 1. The van der Waals surface area contributed by atoms with Crippen molar-refractivity contribution in [3.8, 4) is 0 Å². The van der Waals surface area contributed by atoms with Crippen molar-refractivity contribution in [1.82, 2.24) is 10.2 Å². The molecule has 0 aromatic heterocycles. The molecule has 0 fully saturated rings. The number of hydrogen-bond acceptors (Lipinski definition) is 5. The van der Waals surface area contributed by atoms with Crippen LogP contribution in [0.2, 0.25) is 0 Å². The average molecular weight is 305 g/mol. The van der Waals surface area contributed by atoms with Crippen molar-refractivity contribution < 1.29 is 14.5 Å². The van der Waals surface area contributed by atoms with Gasteiger partial charge in [-0.05, 0) is 32.7 Å². The third kappa shape index (κ3) is 5.45. The number of ketones is 1. The van der Waals surface area contributed by atoms with E-state index in [2.05, 4.69) is 5.32 Å². The van der Waals surface area contributed by atoms with Crippen LogP contribution in [-0.2, 0) is 9.59 Å². The van der Waals surface area contributed by atoms with Crippen molar-refractivity contribution in [3.63, 3.8) is 0 Å². The van der Waals surface area contributed by atoms with Crippen molar-refractivity contribution in [2.45, 2.75) is 6.92 Å². The fraction of sp³-hybridized carbons (Fsp3) is 0.333. The zero-order chi connectivity index (χ0) is 16.7. The SMILES string of the molecule is CC(=O)C(=Cc1cccc([N+](=O)[O-])c1)C(=O)NCCN(C)C. The number of amides is 1. The van der Waals surface area contributed by atoms with Gasteiger partial charge >= 0.3 is 0 Å². The van der Waals surface area contributed by atoms with Gasteiger partial charge in [-0.1, -0.05) is 12.1 Å². The topological polar surface area (TPSA) is 92.5 Å². The number of non-ortho nitro benzene ring substituents is 1. The van der Waals surface area contributed by atoms with Crippen LogP contribution in [0.25, 0.3) is 6.08 Å². The fourth-order valence-electron chi connectivity index (χ4n) is 1.71. The van der Waals surface area contributed by atoms with Gasteiger partial charge < -0.3 is 10.2 Å². The number of carbonyl (C=O) groups is 2. The molecule has 7 heteroatoms. The van der Waals surface area contributed by atoms with E-state index >= 15 is 0 Å². The highest BCUT2D eigenvalue weighted by Gasteiger charge is 2.15. The van der Waals surface area contributed by atoms with Gasteiger partial charge in [-0.15, -0.1) is 0 Å². The molecule has 0 spiro atoms. The van der Waals surface area contributed by atoms with Gasteiger partial charge in [0.25, 0.3) is 11.6 Å². The molecule has 1 rings (SSSR count). The fourth-order valence-corrected chi connectivity index (χ4v) is 1.71. The zero-order valence-electron chi connectivity index (χ0n) is 12.8. The smallest absolute Gasteiger partial charge is 0.270 e. The Morgan fingerprint density at radius 1 is 1.36 bits per heavy atom. The minimum atomic E-state index is -0.526. The number of benzene rings is 1. The van der Waals surface area contributed by atoms with E-state index in [1.54, 1.807) is 6.07 Å². The molecule has 0 aliphatic heterocycles. The highest BCUT2D eigenvalue weighted by atomic mass is 16.6. The summed E-state index contributed by atoms with van der Waals surface area (Å²) in [6.07, 6.45) is 1.36. The Morgan fingerprint density at radius 2 is 2.05 bits per heavy atom. The molecule has 1 N–H and O–H groups in total. The monoisotopic (exact) mass is 305 g/mol. The Hall–Kier alpha value is -2.54. The maximum absolute atomic E-state index is 12.0. The Kier molecular flexibility index (Phi) is 6.40. The predicted octanol–water partition coefficient (Wildman–Crippen LogP) is 1.24. The van der Waals surface area contributed by atoms with Crippen molar-refractivity contribution >= 4 is 23.5 Å². The standard InChI is InChI=1S/C15H19N3O4/c1-11(19)14(15(20)16-7-8-17(2)3)10-12-5-4-6-13(9-12)18(21)22/h4-6,9-10H,7-8H2,1-3H3,(H,16,20). The number of Topliss-reactive ketones (excluding diaryl/α,β-unsaturated/α-hetero) is 1.